The van der Waals surface area contributed by atoms with Gasteiger partial charge in [0.1, 0.15) is 34.8 Å². The minimum absolute atomic E-state index is 0.197. The number of hydrogen-bond acceptors (Lipinski definition) is 8. The lowest BCUT2D eigenvalue weighted by Gasteiger charge is -2.44. The molecule has 2 fully saturated rings. The van der Waals surface area contributed by atoms with Gasteiger partial charge in [-0.3, -0.25) is 9.59 Å². The number of ether oxygens (including phenoxy) is 2. The van der Waals surface area contributed by atoms with E-state index in [1.807, 2.05) is 13.8 Å². The lowest BCUT2D eigenvalue weighted by atomic mass is 9.95. The van der Waals surface area contributed by atoms with E-state index in [2.05, 4.69) is 20.8 Å². The van der Waals surface area contributed by atoms with E-state index < -0.39 is 10.8 Å². The predicted octanol–water partition coefficient (Wildman–Crippen LogP) is 2.17. The lowest BCUT2D eigenvalue weighted by Crippen LogP contribution is -2.68. The van der Waals surface area contributed by atoms with Gasteiger partial charge in [0.25, 0.3) is 5.91 Å². The van der Waals surface area contributed by atoms with Gasteiger partial charge in [-0.2, -0.15) is 0 Å². The van der Waals surface area contributed by atoms with Crippen LogP contribution in [0.3, 0.4) is 0 Å². The van der Waals surface area contributed by atoms with E-state index in [-0.39, 0.29) is 35.7 Å². The van der Waals surface area contributed by atoms with Crippen molar-refractivity contribution in [3.8, 4) is 11.5 Å². The Labute approximate surface area is 211 Å². The number of carbonyl (C=O) groups is 2. The number of thioether (sulfide) groups is 1. The maximum Gasteiger partial charge on any atom is 0.258 e. The van der Waals surface area contributed by atoms with E-state index >= 15 is 0 Å². The zero-order chi connectivity index (χ0) is 25.4. The average molecular weight is 513 g/mol. The fraction of sp³-hybridized carbons (Fsp3) is 0.375. The molecule has 2 amide bonds. The van der Waals surface area contributed by atoms with Gasteiger partial charge in [0.2, 0.25) is 5.91 Å². The highest BCUT2D eigenvalue weighted by molar-refractivity contribution is 8.01. The van der Waals surface area contributed by atoms with Crippen LogP contribution in [0.4, 0.5) is 4.39 Å². The minimum atomic E-state index is -0.660. The van der Waals surface area contributed by atoms with Crippen molar-refractivity contribution in [1.82, 2.24) is 30.4 Å². The molecule has 188 valence electrons. The van der Waals surface area contributed by atoms with E-state index in [1.54, 1.807) is 64.9 Å². The third-order valence-corrected chi connectivity index (χ3v) is 7.81. The second-order valence-electron chi connectivity index (χ2n) is 9.09. The van der Waals surface area contributed by atoms with Crippen LogP contribution in [-0.4, -0.2) is 66.8 Å². The first-order valence-electron chi connectivity index (χ1n) is 11.3. The Kier molecular flexibility index (Phi) is 6.29. The highest BCUT2D eigenvalue weighted by atomic mass is 32.2. The summed E-state index contributed by atoms with van der Waals surface area (Å²) in [6.45, 7) is 4.18. The molecule has 12 heteroatoms. The molecule has 0 bridgehead atoms. The first-order chi connectivity index (χ1) is 17.3. The molecule has 3 unspecified atom stereocenters. The van der Waals surface area contributed by atoms with Crippen molar-refractivity contribution in [2.24, 2.45) is 0 Å². The van der Waals surface area contributed by atoms with Crippen molar-refractivity contribution in [2.45, 2.75) is 42.6 Å². The Hall–Kier alpha value is -3.67. The minimum Gasteiger partial charge on any atom is -0.497 e. The number of rotatable bonds is 8. The summed E-state index contributed by atoms with van der Waals surface area (Å²) in [6.07, 6.45) is 0. The third kappa shape index (κ3) is 4.48. The van der Waals surface area contributed by atoms with Gasteiger partial charge in [0, 0.05) is 4.75 Å². The first-order valence-corrected chi connectivity index (χ1v) is 12.2. The molecule has 5 rings (SSSR count). The van der Waals surface area contributed by atoms with Gasteiger partial charge >= 0.3 is 0 Å². The van der Waals surface area contributed by atoms with Crippen molar-refractivity contribution < 1.29 is 23.5 Å². The molecule has 0 spiro atoms. The number of halogens is 1. The van der Waals surface area contributed by atoms with Gasteiger partial charge in [0.15, 0.2) is 12.4 Å². The van der Waals surface area contributed by atoms with Gasteiger partial charge in [-0.25, -0.2) is 9.07 Å². The number of tetrazole rings is 1. The molecule has 2 aliphatic heterocycles. The second-order valence-corrected chi connectivity index (χ2v) is 10.9. The second kappa shape index (κ2) is 9.41. The van der Waals surface area contributed by atoms with E-state index in [0.29, 0.717) is 23.9 Å². The molecular formula is C24H25FN6O4S. The number of benzene rings is 2. The Balaban J connectivity index is 1.25. The Bertz CT molecular complexity index is 1270. The molecule has 0 aliphatic carbocycles. The number of nitrogens with one attached hydrogen (secondary N) is 1. The number of fused-ring (bicyclic) bond motifs is 1. The van der Waals surface area contributed by atoms with Gasteiger partial charge in [0.05, 0.1) is 13.7 Å². The Morgan fingerprint density at radius 3 is 2.53 bits per heavy atom. The molecule has 3 heterocycles. The summed E-state index contributed by atoms with van der Waals surface area (Å²) in [5.74, 6) is 0.854. The lowest BCUT2D eigenvalue weighted by molar-refractivity contribution is -0.152. The predicted molar refractivity (Wildman–Crippen MR) is 129 cm³/mol. The van der Waals surface area contributed by atoms with E-state index in [0.717, 1.165) is 5.56 Å². The zero-order valence-corrected chi connectivity index (χ0v) is 20.7. The highest BCUT2D eigenvalue weighted by Gasteiger charge is 2.63. The van der Waals surface area contributed by atoms with Crippen LogP contribution in [0.1, 0.15) is 31.3 Å². The zero-order valence-electron chi connectivity index (χ0n) is 19.9. The van der Waals surface area contributed by atoms with E-state index in [4.69, 9.17) is 9.47 Å². The van der Waals surface area contributed by atoms with E-state index in [1.165, 1.54) is 12.1 Å². The maximum atomic E-state index is 13.3. The van der Waals surface area contributed by atoms with Gasteiger partial charge in [-0.15, -0.1) is 16.9 Å². The standard InChI is InChI=1S/C24H25FN6O4S/c1-24(2)20(21-27-28-29-30(21)12-14-4-6-15(25)7-5-14)31-22(33)19(23(31)36-24)26-18(32)13-35-17-10-8-16(34-3)9-11-17/h4-11,19-20,23H,12-13H2,1-3H3,(H,26,32). The number of carbonyl (C=O) groups excluding carboxylic acids is 2. The summed E-state index contributed by atoms with van der Waals surface area (Å²) in [7, 11) is 1.57. The topological polar surface area (TPSA) is 111 Å². The molecule has 2 aliphatic rings. The number of hydrogen-bond donors (Lipinski definition) is 1. The fourth-order valence-corrected chi connectivity index (χ4v) is 6.11. The Morgan fingerprint density at radius 1 is 1.14 bits per heavy atom. The van der Waals surface area contributed by atoms with Crippen LogP contribution in [0.15, 0.2) is 48.5 Å². The van der Waals surface area contributed by atoms with Crippen molar-refractivity contribution in [3.63, 3.8) is 0 Å². The van der Waals surface area contributed by atoms with Gasteiger partial charge in [-0.1, -0.05) is 12.1 Å². The van der Waals surface area contributed by atoms with Crippen molar-refractivity contribution in [3.05, 3.63) is 65.7 Å². The molecule has 1 N–H and O–H groups in total. The van der Waals surface area contributed by atoms with Crippen LogP contribution in [0, 0.1) is 5.82 Å². The summed E-state index contributed by atoms with van der Waals surface area (Å²) in [5.41, 5.74) is 0.835. The number of aromatic nitrogens is 4. The summed E-state index contributed by atoms with van der Waals surface area (Å²) >= 11 is 1.59. The fourth-order valence-electron chi connectivity index (χ4n) is 4.48. The molecule has 36 heavy (non-hydrogen) atoms. The van der Waals surface area contributed by atoms with Crippen molar-refractivity contribution >= 4 is 23.6 Å². The molecule has 1 aromatic heterocycles. The van der Waals surface area contributed by atoms with Crippen LogP contribution in [0.25, 0.3) is 0 Å². The first kappa shape index (κ1) is 24.0. The molecule has 0 radical (unpaired) electrons. The molecule has 3 atom stereocenters. The van der Waals surface area contributed by atoms with Crippen LogP contribution < -0.4 is 14.8 Å². The largest absolute Gasteiger partial charge is 0.497 e. The highest BCUT2D eigenvalue weighted by Crippen LogP contribution is 2.56. The molecule has 2 aromatic carbocycles. The Morgan fingerprint density at radius 2 is 1.83 bits per heavy atom. The summed E-state index contributed by atoms with van der Waals surface area (Å²) < 4.78 is 25.2. The molecular weight excluding hydrogens is 487 g/mol. The third-order valence-electron chi connectivity index (χ3n) is 6.24. The van der Waals surface area contributed by atoms with Crippen molar-refractivity contribution in [1.29, 1.82) is 0 Å². The summed E-state index contributed by atoms with van der Waals surface area (Å²) in [4.78, 5) is 27.4. The van der Waals surface area contributed by atoms with Crippen LogP contribution >= 0.6 is 11.8 Å². The SMILES string of the molecule is COc1ccc(OCC(=O)NC2C(=O)N3C2SC(C)(C)C3c2nnnn2Cc2ccc(F)cc2)cc1. The smallest absolute Gasteiger partial charge is 0.258 e. The maximum absolute atomic E-state index is 13.3. The summed E-state index contributed by atoms with van der Waals surface area (Å²) in [6, 6.07) is 12.0. The molecule has 10 nitrogen and oxygen atoms in total. The number of β-lactam (4-membered cyclic amide) rings is 1. The molecule has 0 saturated carbocycles. The number of methoxy groups -OCH3 is 1. The number of nitrogens with zero attached hydrogens (tertiary/aromatic N) is 5. The monoisotopic (exact) mass is 512 g/mol. The van der Waals surface area contributed by atoms with Crippen LogP contribution in [0.5, 0.6) is 11.5 Å². The average Bonchev–Trinajstić information content (AvgIpc) is 3.41. The van der Waals surface area contributed by atoms with E-state index in [9.17, 15) is 14.0 Å². The van der Waals surface area contributed by atoms with Crippen molar-refractivity contribution in [2.75, 3.05) is 13.7 Å². The number of amides is 2. The quantitative estimate of drug-likeness (QED) is 0.457. The van der Waals surface area contributed by atoms with Crippen LogP contribution in [0.2, 0.25) is 0 Å². The summed E-state index contributed by atoms with van der Waals surface area (Å²) in [5, 5.41) is 14.7. The van der Waals surface area contributed by atoms with Crippen LogP contribution in [-0.2, 0) is 16.1 Å². The molecule has 2 saturated heterocycles. The normalized spacial score (nSPS) is 22.1. The van der Waals surface area contributed by atoms with Gasteiger partial charge < -0.3 is 19.7 Å². The molecule has 3 aromatic rings. The van der Waals surface area contributed by atoms with Gasteiger partial charge in [-0.05, 0) is 66.2 Å².